The number of rotatable bonds is 3. The summed E-state index contributed by atoms with van der Waals surface area (Å²) in [5.74, 6) is 0. The van der Waals surface area contributed by atoms with E-state index in [1.807, 2.05) is 23.1 Å². The van der Waals surface area contributed by atoms with Crippen LogP contribution in [0.5, 0.6) is 0 Å². The van der Waals surface area contributed by atoms with Crippen LogP contribution in [0, 0.1) is 5.41 Å². The van der Waals surface area contributed by atoms with Gasteiger partial charge < -0.3 is 9.80 Å². The van der Waals surface area contributed by atoms with Crippen molar-refractivity contribution in [3.8, 4) is 0 Å². The zero-order chi connectivity index (χ0) is 19.8. The van der Waals surface area contributed by atoms with Gasteiger partial charge in [-0.2, -0.15) is 0 Å². The van der Waals surface area contributed by atoms with Gasteiger partial charge in [-0.1, -0.05) is 41.7 Å². The van der Waals surface area contributed by atoms with Gasteiger partial charge in [-0.3, -0.25) is 5.32 Å². The molecule has 1 atom stereocenters. The third kappa shape index (κ3) is 3.78. The lowest BCUT2D eigenvalue weighted by molar-refractivity contribution is 0.117. The number of benzene rings is 1. The molecule has 2 saturated heterocycles. The van der Waals surface area contributed by atoms with E-state index in [-0.39, 0.29) is 16.9 Å². The number of carbonyl (C=O) groups is 1. The van der Waals surface area contributed by atoms with E-state index in [2.05, 4.69) is 53.4 Å². The topological polar surface area (TPSA) is 61.4 Å². The molecule has 1 N–H and O–H groups in total. The second-order valence-electron chi connectivity index (χ2n) is 8.85. The highest BCUT2D eigenvalue weighted by molar-refractivity contribution is 7.15. The molecule has 2 fully saturated rings. The summed E-state index contributed by atoms with van der Waals surface area (Å²) in [6, 6.07) is 10.2. The van der Waals surface area contributed by atoms with E-state index in [9.17, 15) is 4.79 Å². The molecule has 28 heavy (non-hydrogen) atoms. The highest BCUT2D eigenvalue weighted by atomic mass is 32.1. The number of hydrogen-bond donors (Lipinski definition) is 1. The van der Waals surface area contributed by atoms with Crippen LogP contribution in [0.3, 0.4) is 0 Å². The van der Waals surface area contributed by atoms with Crippen molar-refractivity contribution in [2.75, 3.05) is 38.5 Å². The van der Waals surface area contributed by atoms with Gasteiger partial charge in [0.2, 0.25) is 5.13 Å². The SMILES string of the molecule is CN1CCCC2(CCN(C(=O)Nc3nnc(C(C)(C)c4ccccc4)s3)C2)C1. The molecule has 1 aromatic carbocycles. The Morgan fingerprint density at radius 2 is 1.93 bits per heavy atom. The molecule has 1 aromatic heterocycles. The zero-order valence-electron chi connectivity index (χ0n) is 16.9. The van der Waals surface area contributed by atoms with Crippen LogP contribution in [0.1, 0.15) is 43.7 Å². The zero-order valence-corrected chi connectivity index (χ0v) is 17.8. The Bertz CT molecular complexity index is 836. The second kappa shape index (κ2) is 7.44. The van der Waals surface area contributed by atoms with Gasteiger partial charge in [-0.25, -0.2) is 4.79 Å². The Morgan fingerprint density at radius 1 is 1.14 bits per heavy atom. The molecular weight excluding hydrogens is 370 g/mol. The molecule has 6 nitrogen and oxygen atoms in total. The third-order valence-electron chi connectivity index (χ3n) is 6.25. The van der Waals surface area contributed by atoms with E-state index in [0.717, 1.165) is 31.1 Å². The number of hydrogen-bond acceptors (Lipinski definition) is 5. The normalized spacial score (nSPS) is 23.3. The van der Waals surface area contributed by atoms with Crippen molar-refractivity contribution in [2.45, 2.75) is 38.5 Å². The fraction of sp³-hybridized carbons (Fsp3) is 0.571. The van der Waals surface area contributed by atoms with Crippen molar-refractivity contribution in [1.29, 1.82) is 0 Å². The number of nitrogens with zero attached hydrogens (tertiary/aromatic N) is 4. The predicted molar refractivity (Wildman–Crippen MR) is 113 cm³/mol. The van der Waals surface area contributed by atoms with Crippen molar-refractivity contribution < 1.29 is 4.79 Å². The summed E-state index contributed by atoms with van der Waals surface area (Å²) < 4.78 is 0. The van der Waals surface area contributed by atoms with Gasteiger partial charge in [-0.15, -0.1) is 10.2 Å². The molecule has 3 heterocycles. The average Bonchev–Trinajstić information content (AvgIpc) is 3.30. The first-order valence-electron chi connectivity index (χ1n) is 10.0. The molecule has 0 saturated carbocycles. The number of likely N-dealkylation sites (tertiary alicyclic amines) is 2. The number of carbonyl (C=O) groups excluding carboxylic acids is 1. The van der Waals surface area contributed by atoms with Crippen molar-refractivity contribution in [2.24, 2.45) is 5.41 Å². The van der Waals surface area contributed by atoms with E-state index < -0.39 is 0 Å². The Balaban J connectivity index is 1.41. The van der Waals surface area contributed by atoms with Crippen LogP contribution < -0.4 is 5.32 Å². The molecule has 2 aromatic rings. The molecule has 150 valence electrons. The number of nitrogens with one attached hydrogen (secondary N) is 1. The smallest absolute Gasteiger partial charge is 0.323 e. The van der Waals surface area contributed by atoms with Crippen molar-refractivity contribution in [3.63, 3.8) is 0 Å². The quantitative estimate of drug-likeness (QED) is 0.852. The summed E-state index contributed by atoms with van der Waals surface area (Å²) in [6.07, 6.45) is 3.53. The van der Waals surface area contributed by atoms with Crippen LogP contribution >= 0.6 is 11.3 Å². The van der Waals surface area contributed by atoms with Gasteiger partial charge in [0, 0.05) is 30.5 Å². The van der Waals surface area contributed by atoms with E-state index in [0.29, 0.717) is 5.13 Å². The molecule has 7 heteroatoms. The minimum atomic E-state index is -0.244. The monoisotopic (exact) mass is 399 g/mol. The number of urea groups is 1. The lowest BCUT2D eigenvalue weighted by atomic mass is 9.79. The van der Waals surface area contributed by atoms with Crippen LogP contribution in [-0.4, -0.2) is 59.3 Å². The number of anilines is 1. The molecule has 2 aliphatic rings. The van der Waals surface area contributed by atoms with Gasteiger partial charge >= 0.3 is 6.03 Å². The fourth-order valence-corrected chi connectivity index (χ4v) is 5.43. The van der Waals surface area contributed by atoms with Crippen molar-refractivity contribution in [3.05, 3.63) is 40.9 Å². The minimum Gasteiger partial charge on any atom is -0.324 e. The molecule has 2 amide bonds. The van der Waals surface area contributed by atoms with Gasteiger partial charge in [0.1, 0.15) is 5.01 Å². The highest BCUT2D eigenvalue weighted by Gasteiger charge is 2.42. The van der Waals surface area contributed by atoms with E-state index in [4.69, 9.17) is 0 Å². The summed E-state index contributed by atoms with van der Waals surface area (Å²) in [4.78, 5) is 17.1. The van der Waals surface area contributed by atoms with Crippen molar-refractivity contribution >= 4 is 22.5 Å². The Morgan fingerprint density at radius 3 is 2.68 bits per heavy atom. The lowest BCUT2D eigenvalue weighted by Crippen LogP contribution is -2.44. The molecule has 4 rings (SSSR count). The summed E-state index contributed by atoms with van der Waals surface area (Å²) in [5, 5.41) is 13.1. The van der Waals surface area contributed by atoms with Gasteiger partial charge in [0.15, 0.2) is 0 Å². The fourth-order valence-electron chi connectivity index (χ4n) is 4.57. The molecule has 2 aliphatic heterocycles. The van der Waals surface area contributed by atoms with Gasteiger partial charge in [-0.05, 0) is 52.3 Å². The number of aromatic nitrogens is 2. The summed E-state index contributed by atoms with van der Waals surface area (Å²) in [6.45, 7) is 8.19. The first-order chi connectivity index (χ1) is 13.4. The second-order valence-corrected chi connectivity index (χ2v) is 9.82. The average molecular weight is 400 g/mol. The first-order valence-corrected chi connectivity index (χ1v) is 10.8. The Hall–Kier alpha value is -1.99. The van der Waals surface area contributed by atoms with Crippen LogP contribution in [0.4, 0.5) is 9.93 Å². The lowest BCUT2D eigenvalue weighted by Gasteiger charge is -2.38. The minimum absolute atomic E-state index is 0.0506. The van der Waals surface area contributed by atoms with E-state index in [1.54, 1.807) is 0 Å². The maximum Gasteiger partial charge on any atom is 0.323 e. The van der Waals surface area contributed by atoms with Crippen LogP contribution in [-0.2, 0) is 5.41 Å². The largest absolute Gasteiger partial charge is 0.324 e. The molecule has 0 aliphatic carbocycles. The summed E-state index contributed by atoms with van der Waals surface area (Å²) in [7, 11) is 2.18. The van der Waals surface area contributed by atoms with E-state index in [1.165, 1.54) is 36.3 Å². The predicted octanol–water partition coefficient (Wildman–Crippen LogP) is 3.81. The summed E-state index contributed by atoms with van der Waals surface area (Å²) in [5.41, 5.74) is 1.21. The molecule has 0 bridgehead atoms. The van der Waals surface area contributed by atoms with Crippen LogP contribution in [0.2, 0.25) is 0 Å². The maximum atomic E-state index is 12.8. The first kappa shape index (κ1) is 19.3. The summed E-state index contributed by atoms with van der Waals surface area (Å²) >= 11 is 1.46. The van der Waals surface area contributed by atoms with E-state index >= 15 is 0 Å². The van der Waals surface area contributed by atoms with Gasteiger partial charge in [0.05, 0.1) is 0 Å². The third-order valence-corrected chi connectivity index (χ3v) is 7.41. The van der Waals surface area contributed by atoms with Gasteiger partial charge in [0.25, 0.3) is 0 Å². The standard InChI is InChI=1S/C21H29N5OS/c1-20(2,16-8-5-4-6-9-16)17-23-24-18(28-17)22-19(27)26-13-11-21(15-26)10-7-12-25(3)14-21/h4-6,8-9H,7,10-15H2,1-3H3,(H,22,24,27). The molecule has 1 spiro atoms. The number of amides is 2. The Kier molecular flexibility index (Phi) is 5.14. The van der Waals surface area contributed by atoms with Crippen molar-refractivity contribution in [1.82, 2.24) is 20.0 Å². The number of piperidine rings is 1. The Labute approximate surface area is 171 Å². The van der Waals surface area contributed by atoms with Crippen LogP contribution in [0.25, 0.3) is 0 Å². The maximum absolute atomic E-state index is 12.8. The van der Waals surface area contributed by atoms with Crippen LogP contribution in [0.15, 0.2) is 30.3 Å². The molecule has 0 radical (unpaired) electrons. The highest BCUT2D eigenvalue weighted by Crippen LogP contribution is 2.39. The molecular formula is C21H29N5OS. The molecule has 1 unspecified atom stereocenters.